The summed E-state index contributed by atoms with van der Waals surface area (Å²) in [5, 5.41) is 6.81. The zero-order chi connectivity index (χ0) is 26.2. The van der Waals surface area contributed by atoms with Gasteiger partial charge in [0.15, 0.2) is 0 Å². The number of rotatable bonds is 6. The van der Waals surface area contributed by atoms with E-state index in [1.165, 1.54) is 10.8 Å². The Morgan fingerprint density at radius 3 is 0.947 bits per heavy atom. The Bertz CT molecular complexity index is 1750. The maximum atomic E-state index is 11.3. The van der Waals surface area contributed by atoms with Crippen LogP contribution < -0.4 is 11.5 Å². The maximum absolute atomic E-state index is 11.3. The number of amides is 2. The Balaban J connectivity index is 1.30. The molecule has 6 aromatic carbocycles. The highest BCUT2D eigenvalue weighted by molar-refractivity contribution is 5.95. The number of fused-ring (bicyclic) bond motifs is 3. The highest BCUT2D eigenvalue weighted by Gasteiger charge is 2.07. The molecule has 0 aliphatic carbocycles. The van der Waals surface area contributed by atoms with Crippen molar-refractivity contribution < 1.29 is 9.59 Å². The largest absolute Gasteiger partial charge is 0.369 e. The van der Waals surface area contributed by atoms with Gasteiger partial charge in [0.2, 0.25) is 11.8 Å². The molecule has 0 unspecified atom stereocenters. The number of hydrogen-bond donors (Lipinski definition) is 2. The fourth-order valence-electron chi connectivity index (χ4n) is 5.18. The Morgan fingerprint density at radius 2 is 0.658 bits per heavy atom. The van der Waals surface area contributed by atoms with Crippen LogP contribution in [0.2, 0.25) is 0 Å². The molecule has 0 spiro atoms. The number of carbonyl (C=O) groups excluding carboxylic acids is 2. The summed E-state index contributed by atoms with van der Waals surface area (Å²) in [6, 6.07) is 38.0. The van der Waals surface area contributed by atoms with Crippen molar-refractivity contribution in [2.24, 2.45) is 11.5 Å². The molecule has 0 aliphatic rings. The zero-order valence-electron chi connectivity index (χ0n) is 20.8. The third-order valence-electron chi connectivity index (χ3n) is 7.07. The van der Waals surface area contributed by atoms with E-state index in [0.717, 1.165) is 54.9 Å². The van der Waals surface area contributed by atoms with Crippen LogP contribution in [-0.4, -0.2) is 11.8 Å². The van der Waals surface area contributed by atoms with Crippen molar-refractivity contribution in [1.29, 1.82) is 0 Å². The molecule has 2 amide bonds. The number of carbonyl (C=O) groups is 2. The van der Waals surface area contributed by atoms with Crippen molar-refractivity contribution >= 4 is 44.1 Å². The Hall–Kier alpha value is -4.96. The fourth-order valence-corrected chi connectivity index (χ4v) is 5.18. The molecule has 0 saturated carbocycles. The molecule has 0 aromatic heterocycles. The quantitative estimate of drug-likeness (QED) is 0.276. The van der Waals surface area contributed by atoms with Gasteiger partial charge in [0.1, 0.15) is 0 Å². The first kappa shape index (κ1) is 23.4. The summed E-state index contributed by atoms with van der Waals surface area (Å²) < 4.78 is 0. The Morgan fingerprint density at radius 1 is 0.395 bits per heavy atom. The summed E-state index contributed by atoms with van der Waals surface area (Å²) in [6.07, 6.45) is 0.503. The van der Waals surface area contributed by atoms with E-state index in [0.29, 0.717) is 0 Å². The normalized spacial score (nSPS) is 11.3. The lowest BCUT2D eigenvalue weighted by Gasteiger charge is -2.10. The summed E-state index contributed by atoms with van der Waals surface area (Å²) >= 11 is 0. The fraction of sp³-hybridized carbons (Fsp3) is 0.0588. The van der Waals surface area contributed by atoms with E-state index in [-0.39, 0.29) is 24.7 Å². The molecule has 6 aromatic rings. The highest BCUT2D eigenvalue weighted by atomic mass is 16.1. The predicted octanol–water partition coefficient (Wildman–Crippen LogP) is 6.54. The van der Waals surface area contributed by atoms with Crippen LogP contribution in [0.1, 0.15) is 11.1 Å². The average molecular weight is 495 g/mol. The topological polar surface area (TPSA) is 86.2 Å². The molecule has 0 fully saturated rings. The number of hydrogen-bond acceptors (Lipinski definition) is 2. The van der Waals surface area contributed by atoms with Crippen LogP contribution in [0.5, 0.6) is 0 Å². The first-order valence-electron chi connectivity index (χ1n) is 12.6. The molecule has 4 heteroatoms. The third kappa shape index (κ3) is 4.72. The van der Waals surface area contributed by atoms with Gasteiger partial charge in [-0.25, -0.2) is 0 Å². The number of primary amides is 2. The zero-order valence-corrected chi connectivity index (χ0v) is 20.8. The van der Waals surface area contributed by atoms with Crippen LogP contribution in [-0.2, 0) is 22.4 Å². The third-order valence-corrected chi connectivity index (χ3v) is 7.07. The lowest BCUT2D eigenvalue weighted by molar-refractivity contribution is -0.118. The first-order chi connectivity index (χ1) is 18.4. The second kappa shape index (κ2) is 9.49. The Labute approximate surface area is 220 Å². The van der Waals surface area contributed by atoms with Gasteiger partial charge in [0.25, 0.3) is 0 Å². The molecule has 0 aliphatic heterocycles. The highest BCUT2D eigenvalue weighted by Crippen LogP contribution is 2.31. The summed E-state index contributed by atoms with van der Waals surface area (Å²) in [7, 11) is 0. The van der Waals surface area contributed by atoms with Crippen molar-refractivity contribution in [2.75, 3.05) is 0 Å². The van der Waals surface area contributed by atoms with Crippen LogP contribution in [0, 0.1) is 0 Å². The van der Waals surface area contributed by atoms with E-state index >= 15 is 0 Å². The molecule has 0 atom stereocenters. The standard InChI is InChI=1S/C34H26N2O2/c35-33(37)15-21-1-3-25-17-27(7-5-23(25)13-21)29-9-11-32-20-30(10-12-31(32)19-29)28-8-6-24-14-22(16-34(36)38)2-4-26(24)18-28/h1-14,17-20H,15-16H2,(H2,35,37)(H2,36,38). The van der Waals surface area contributed by atoms with Crippen molar-refractivity contribution in [1.82, 2.24) is 0 Å². The van der Waals surface area contributed by atoms with E-state index in [1.807, 2.05) is 36.4 Å². The molecule has 0 saturated heterocycles. The van der Waals surface area contributed by atoms with Gasteiger partial charge in [0.05, 0.1) is 12.8 Å². The van der Waals surface area contributed by atoms with Gasteiger partial charge >= 0.3 is 0 Å². The lowest BCUT2D eigenvalue weighted by Crippen LogP contribution is -2.13. The maximum Gasteiger partial charge on any atom is 0.221 e. The molecule has 0 bridgehead atoms. The Kier molecular flexibility index (Phi) is 5.85. The van der Waals surface area contributed by atoms with E-state index in [2.05, 4.69) is 72.8 Å². The van der Waals surface area contributed by atoms with Gasteiger partial charge in [-0.3, -0.25) is 9.59 Å². The summed E-state index contributed by atoms with van der Waals surface area (Å²) in [4.78, 5) is 22.5. The molecule has 4 nitrogen and oxygen atoms in total. The van der Waals surface area contributed by atoms with Crippen LogP contribution in [0.4, 0.5) is 0 Å². The van der Waals surface area contributed by atoms with Gasteiger partial charge in [-0.2, -0.15) is 0 Å². The molecule has 0 heterocycles. The van der Waals surface area contributed by atoms with Gasteiger partial charge in [-0.15, -0.1) is 0 Å². The van der Waals surface area contributed by atoms with Crippen molar-refractivity contribution in [3.63, 3.8) is 0 Å². The van der Waals surface area contributed by atoms with Crippen molar-refractivity contribution in [3.8, 4) is 22.3 Å². The molecule has 4 N–H and O–H groups in total. The molecular formula is C34H26N2O2. The number of nitrogens with two attached hydrogens (primary N) is 2. The second-order valence-corrected chi connectivity index (χ2v) is 9.86. The minimum Gasteiger partial charge on any atom is -0.369 e. The van der Waals surface area contributed by atoms with E-state index in [1.54, 1.807) is 0 Å². The summed E-state index contributed by atoms with van der Waals surface area (Å²) in [5.74, 6) is -0.645. The average Bonchev–Trinajstić information content (AvgIpc) is 2.91. The van der Waals surface area contributed by atoms with Gasteiger partial charge in [-0.05, 0) is 90.0 Å². The molecule has 6 rings (SSSR count). The van der Waals surface area contributed by atoms with Gasteiger partial charge in [-0.1, -0.05) is 84.9 Å². The molecule has 38 heavy (non-hydrogen) atoms. The molecule has 184 valence electrons. The first-order valence-corrected chi connectivity index (χ1v) is 12.6. The van der Waals surface area contributed by atoms with E-state index in [4.69, 9.17) is 11.5 Å². The summed E-state index contributed by atoms with van der Waals surface area (Å²) in [6.45, 7) is 0. The minimum absolute atomic E-state index is 0.251. The lowest BCUT2D eigenvalue weighted by atomic mass is 9.95. The number of benzene rings is 6. The van der Waals surface area contributed by atoms with Crippen LogP contribution in [0.3, 0.4) is 0 Å². The van der Waals surface area contributed by atoms with Gasteiger partial charge in [0, 0.05) is 0 Å². The SMILES string of the molecule is NC(=O)Cc1ccc2cc(-c3ccc4cc(-c5ccc6cc(CC(N)=O)ccc6c5)ccc4c3)ccc2c1. The van der Waals surface area contributed by atoms with E-state index < -0.39 is 0 Å². The van der Waals surface area contributed by atoms with Crippen molar-refractivity contribution in [2.45, 2.75) is 12.8 Å². The predicted molar refractivity (Wildman–Crippen MR) is 156 cm³/mol. The second-order valence-electron chi connectivity index (χ2n) is 9.86. The van der Waals surface area contributed by atoms with Crippen molar-refractivity contribution in [3.05, 3.63) is 120 Å². The molecule has 0 radical (unpaired) electrons. The van der Waals surface area contributed by atoms with E-state index in [9.17, 15) is 9.59 Å². The minimum atomic E-state index is -0.323. The van der Waals surface area contributed by atoms with Crippen LogP contribution >= 0.6 is 0 Å². The monoisotopic (exact) mass is 494 g/mol. The van der Waals surface area contributed by atoms with Crippen LogP contribution in [0.25, 0.3) is 54.6 Å². The smallest absolute Gasteiger partial charge is 0.221 e. The van der Waals surface area contributed by atoms with Crippen LogP contribution in [0.15, 0.2) is 109 Å². The molecular weight excluding hydrogens is 468 g/mol. The van der Waals surface area contributed by atoms with Gasteiger partial charge < -0.3 is 11.5 Å². The summed E-state index contributed by atoms with van der Waals surface area (Å²) in [5.41, 5.74) is 17.2.